The highest BCUT2D eigenvalue weighted by atomic mass is 35.5. The number of aromatic nitrogens is 1. The van der Waals surface area contributed by atoms with Gasteiger partial charge in [-0.15, -0.1) is 0 Å². The zero-order valence-electron chi connectivity index (χ0n) is 15.0. The van der Waals surface area contributed by atoms with E-state index >= 15 is 0 Å². The first kappa shape index (κ1) is 19.8. The molecule has 0 spiro atoms. The van der Waals surface area contributed by atoms with Crippen LogP contribution in [-0.2, 0) is 17.0 Å². The number of carbonyl (C=O) groups is 1. The molecule has 2 heterocycles. The number of ether oxygens (including phenoxy) is 1. The monoisotopic (exact) mass is 440 g/mol. The van der Waals surface area contributed by atoms with Gasteiger partial charge in [0.05, 0.1) is 5.02 Å². The van der Waals surface area contributed by atoms with Crippen molar-refractivity contribution in [1.29, 1.82) is 0 Å². The number of nitrogens with zero attached hydrogens (tertiary/aromatic N) is 2. The van der Waals surface area contributed by atoms with Crippen LogP contribution in [0.5, 0.6) is 0 Å². The van der Waals surface area contributed by atoms with Crippen LogP contribution in [0.15, 0.2) is 35.5 Å². The minimum Gasteiger partial charge on any atom is -0.462 e. The highest BCUT2D eigenvalue weighted by Gasteiger charge is 2.59. The summed E-state index contributed by atoms with van der Waals surface area (Å²) < 4.78 is 32.8. The van der Waals surface area contributed by atoms with Crippen LogP contribution in [0.25, 0.3) is 0 Å². The van der Waals surface area contributed by atoms with Gasteiger partial charge in [0.15, 0.2) is 0 Å². The first-order valence-corrected chi connectivity index (χ1v) is 9.53. The molecule has 1 aliphatic carbocycles. The lowest BCUT2D eigenvalue weighted by Crippen LogP contribution is -2.39. The summed E-state index contributed by atoms with van der Waals surface area (Å²) in [6.45, 7) is -1.72. The Kier molecular flexibility index (Phi) is 5.08. The average Bonchev–Trinajstić information content (AvgIpc) is 3.48. The molecular formula is C19H16Cl2F2N4O2. The first-order chi connectivity index (χ1) is 13.9. The maximum atomic E-state index is 14.2. The molecule has 0 saturated heterocycles. The van der Waals surface area contributed by atoms with Crippen molar-refractivity contribution in [3.63, 3.8) is 0 Å². The van der Waals surface area contributed by atoms with Gasteiger partial charge in [-0.1, -0.05) is 23.2 Å². The van der Waals surface area contributed by atoms with Gasteiger partial charge in [-0.2, -0.15) is 0 Å². The molecule has 2 aliphatic rings. The van der Waals surface area contributed by atoms with Crippen molar-refractivity contribution in [2.75, 3.05) is 12.0 Å². The number of aliphatic imine (C=N–C) groups is 1. The van der Waals surface area contributed by atoms with Crippen molar-refractivity contribution >= 4 is 40.8 Å². The number of carbonyl (C=O) groups excluding carboxylic acids is 1. The van der Waals surface area contributed by atoms with Gasteiger partial charge in [0, 0.05) is 34.0 Å². The number of hydrogen-bond donors (Lipinski definition) is 2. The molecule has 0 bridgehead atoms. The molecule has 152 valence electrons. The van der Waals surface area contributed by atoms with Crippen molar-refractivity contribution in [3.8, 4) is 0 Å². The third-order valence-corrected chi connectivity index (χ3v) is 5.65. The maximum Gasteiger partial charge on any atom is 0.283 e. The minimum absolute atomic E-state index is 0.0621. The Balaban J connectivity index is 1.68. The van der Waals surface area contributed by atoms with Crippen molar-refractivity contribution in [2.24, 2.45) is 16.6 Å². The first-order valence-electron chi connectivity index (χ1n) is 8.77. The lowest BCUT2D eigenvalue weighted by molar-refractivity contribution is 0.102. The van der Waals surface area contributed by atoms with Crippen molar-refractivity contribution in [1.82, 2.24) is 4.98 Å². The van der Waals surface area contributed by atoms with Crippen LogP contribution in [0.2, 0.25) is 10.0 Å². The summed E-state index contributed by atoms with van der Waals surface area (Å²) in [6, 6.07) is 5.87. The number of pyridine rings is 1. The quantitative estimate of drug-likeness (QED) is 0.734. The Labute approximate surface area is 175 Å². The Morgan fingerprint density at radius 3 is 2.86 bits per heavy atom. The number of rotatable bonds is 5. The summed E-state index contributed by atoms with van der Waals surface area (Å²) in [5.41, 5.74) is 5.15. The number of halogens is 4. The van der Waals surface area contributed by atoms with E-state index in [0.717, 1.165) is 0 Å². The van der Waals surface area contributed by atoms with E-state index in [1.165, 1.54) is 18.3 Å². The largest absolute Gasteiger partial charge is 0.462 e. The predicted octanol–water partition coefficient (Wildman–Crippen LogP) is 4.01. The van der Waals surface area contributed by atoms with Crippen LogP contribution >= 0.6 is 23.2 Å². The van der Waals surface area contributed by atoms with E-state index in [4.69, 9.17) is 33.7 Å². The molecule has 3 atom stereocenters. The zero-order valence-corrected chi connectivity index (χ0v) is 16.5. The molecule has 1 saturated carbocycles. The third kappa shape index (κ3) is 3.51. The molecule has 1 amide bonds. The number of anilines is 1. The van der Waals surface area contributed by atoms with Gasteiger partial charge < -0.3 is 15.8 Å². The molecule has 1 aromatic carbocycles. The van der Waals surface area contributed by atoms with Gasteiger partial charge in [0.25, 0.3) is 11.9 Å². The number of alkyl halides is 2. The van der Waals surface area contributed by atoms with E-state index in [1.54, 1.807) is 12.1 Å². The molecule has 6 nitrogen and oxygen atoms in total. The number of nitrogens with one attached hydrogen (secondary N) is 1. The molecule has 10 heteroatoms. The lowest BCUT2D eigenvalue weighted by Gasteiger charge is -2.32. The number of hydrogen-bond acceptors (Lipinski definition) is 5. The van der Waals surface area contributed by atoms with E-state index in [-0.39, 0.29) is 34.3 Å². The fourth-order valence-corrected chi connectivity index (χ4v) is 4.10. The van der Waals surface area contributed by atoms with Gasteiger partial charge in [0.2, 0.25) is 0 Å². The van der Waals surface area contributed by atoms with E-state index in [0.29, 0.717) is 22.7 Å². The zero-order chi connectivity index (χ0) is 20.8. The third-order valence-electron chi connectivity index (χ3n) is 5.11. The van der Waals surface area contributed by atoms with Crippen LogP contribution in [0.1, 0.15) is 28.0 Å². The van der Waals surface area contributed by atoms with Crippen molar-refractivity contribution in [2.45, 2.75) is 24.7 Å². The normalized spacial score (nSPS) is 24.9. The molecule has 1 aromatic heterocycles. The van der Waals surface area contributed by atoms with Gasteiger partial charge >= 0.3 is 0 Å². The average molecular weight is 441 g/mol. The smallest absolute Gasteiger partial charge is 0.283 e. The van der Waals surface area contributed by atoms with Gasteiger partial charge in [-0.3, -0.25) is 4.79 Å². The van der Waals surface area contributed by atoms with Crippen molar-refractivity contribution in [3.05, 3.63) is 57.3 Å². The Bertz CT molecular complexity index is 1020. The number of nitrogens with two attached hydrogens (primary N) is 1. The highest BCUT2D eigenvalue weighted by Crippen LogP contribution is 2.54. The highest BCUT2D eigenvalue weighted by molar-refractivity contribution is 6.31. The fourth-order valence-electron chi connectivity index (χ4n) is 3.64. The summed E-state index contributed by atoms with van der Waals surface area (Å²) in [5.74, 6) is -0.824. The van der Waals surface area contributed by atoms with Crippen LogP contribution in [0.4, 0.5) is 14.5 Å². The number of benzene rings is 1. The standard InChI is InChI=1S/C19H16Cl2F2N4O2/c20-10-3-9(6-22)16(25-7-10)17(28)26-11-1-2-14(21)12(4-11)19(8-23)13-5-15(13)29-18(24)27-19/h1-4,7,13,15H,5-6,8H2,(H2,24,27)(H,26,28)/t13-,15+,19+/m0/s1. The molecule has 1 aliphatic heterocycles. The van der Waals surface area contributed by atoms with Crippen molar-refractivity contribution < 1.29 is 18.3 Å². The molecule has 1 fully saturated rings. The fraction of sp³-hybridized carbons (Fsp3) is 0.316. The van der Waals surface area contributed by atoms with Crippen LogP contribution in [-0.4, -0.2) is 29.7 Å². The Morgan fingerprint density at radius 2 is 2.14 bits per heavy atom. The Hall–Kier alpha value is -2.45. The van der Waals surface area contributed by atoms with Crippen LogP contribution in [0, 0.1) is 5.92 Å². The van der Waals surface area contributed by atoms with Gasteiger partial charge in [0.1, 0.15) is 30.7 Å². The van der Waals surface area contributed by atoms with E-state index < -0.39 is 24.8 Å². The number of amidine groups is 1. The second-order valence-electron chi connectivity index (χ2n) is 6.95. The maximum absolute atomic E-state index is 14.2. The van der Waals surface area contributed by atoms with E-state index in [9.17, 15) is 13.6 Å². The molecule has 0 radical (unpaired) electrons. The summed E-state index contributed by atoms with van der Waals surface area (Å²) in [4.78, 5) is 20.7. The van der Waals surface area contributed by atoms with Gasteiger partial charge in [-0.25, -0.2) is 18.8 Å². The molecule has 3 N–H and O–H groups in total. The summed E-state index contributed by atoms with van der Waals surface area (Å²) in [6.07, 6.45) is 1.66. The van der Waals surface area contributed by atoms with Crippen LogP contribution in [0.3, 0.4) is 0 Å². The summed E-state index contributed by atoms with van der Waals surface area (Å²) in [7, 11) is 0. The molecule has 29 heavy (non-hydrogen) atoms. The molecule has 0 unspecified atom stereocenters. The lowest BCUT2D eigenvalue weighted by atomic mass is 9.85. The molecule has 2 aromatic rings. The molecule has 4 rings (SSSR count). The summed E-state index contributed by atoms with van der Waals surface area (Å²) in [5, 5.41) is 3.15. The molecular weight excluding hydrogens is 425 g/mol. The SMILES string of the molecule is NC1=N[C@](CF)(c2cc(NC(=O)c3ncc(Cl)cc3CF)ccc2Cl)[C@H]2C[C@H]2O1. The number of fused-ring (bicyclic) bond motifs is 1. The summed E-state index contributed by atoms with van der Waals surface area (Å²) >= 11 is 12.1. The van der Waals surface area contributed by atoms with E-state index in [2.05, 4.69) is 15.3 Å². The predicted molar refractivity (Wildman–Crippen MR) is 106 cm³/mol. The van der Waals surface area contributed by atoms with Crippen LogP contribution < -0.4 is 11.1 Å². The minimum atomic E-state index is -1.27. The second kappa shape index (κ2) is 7.42. The topological polar surface area (TPSA) is 89.6 Å². The second-order valence-corrected chi connectivity index (χ2v) is 7.79. The van der Waals surface area contributed by atoms with E-state index in [1.807, 2.05) is 0 Å². The Morgan fingerprint density at radius 1 is 1.34 bits per heavy atom. The number of amides is 1. The van der Waals surface area contributed by atoms with Gasteiger partial charge in [-0.05, 0) is 30.7 Å².